The number of nitrogens with one attached hydrogen (secondary N) is 2. The Morgan fingerprint density at radius 2 is 2.00 bits per heavy atom. The second-order valence-corrected chi connectivity index (χ2v) is 6.50. The smallest absolute Gasteiger partial charge is 0.339 e. The number of aromatic nitrogens is 3. The molecule has 2 N–H and O–H groups in total. The Morgan fingerprint density at radius 1 is 1.31 bits per heavy atom. The van der Waals surface area contributed by atoms with E-state index >= 15 is 0 Å². The lowest BCUT2D eigenvalue weighted by Crippen LogP contribution is -2.45. The first-order chi connectivity index (χ1) is 12.3. The number of hydrogen-bond acceptors (Lipinski definition) is 6. The maximum Gasteiger partial charge on any atom is 0.339 e. The summed E-state index contributed by atoms with van der Waals surface area (Å²) in [6, 6.07) is 1.15. The van der Waals surface area contributed by atoms with Crippen LogP contribution in [0.2, 0.25) is 0 Å². The Labute approximate surface area is 150 Å². The van der Waals surface area contributed by atoms with Crippen LogP contribution in [0.3, 0.4) is 0 Å². The number of amides is 3. The van der Waals surface area contributed by atoms with Crippen LogP contribution >= 0.6 is 0 Å². The van der Waals surface area contributed by atoms with Gasteiger partial charge in [-0.3, -0.25) is 14.8 Å². The third kappa shape index (κ3) is 3.66. The molecule has 9 heteroatoms. The van der Waals surface area contributed by atoms with Crippen molar-refractivity contribution < 1.29 is 19.1 Å². The van der Waals surface area contributed by atoms with E-state index in [1.54, 1.807) is 31.6 Å². The molecule has 0 aliphatic heterocycles. The van der Waals surface area contributed by atoms with Crippen LogP contribution in [0.15, 0.2) is 6.07 Å². The fourth-order valence-electron chi connectivity index (χ4n) is 2.67. The summed E-state index contributed by atoms with van der Waals surface area (Å²) >= 11 is 0. The second-order valence-electron chi connectivity index (χ2n) is 6.50. The van der Waals surface area contributed by atoms with E-state index in [2.05, 4.69) is 20.7 Å². The van der Waals surface area contributed by atoms with Crippen molar-refractivity contribution in [3.05, 3.63) is 23.0 Å². The fraction of sp³-hybridized carbons (Fsp3) is 0.471. The molecule has 3 rings (SSSR count). The molecule has 2 aromatic heterocycles. The normalized spacial score (nSPS) is 14.8. The zero-order chi connectivity index (χ0) is 19.0. The third-order valence-electron chi connectivity index (χ3n) is 4.12. The molecule has 0 spiro atoms. The van der Waals surface area contributed by atoms with Gasteiger partial charge in [0, 0.05) is 18.8 Å². The topological polar surface area (TPSA) is 115 Å². The number of hydrogen-bond donors (Lipinski definition) is 2. The lowest BCUT2D eigenvalue weighted by atomic mass is 10.1. The van der Waals surface area contributed by atoms with Gasteiger partial charge in [0.05, 0.1) is 16.6 Å². The zero-order valence-electron chi connectivity index (χ0n) is 15.1. The van der Waals surface area contributed by atoms with Gasteiger partial charge in [0.2, 0.25) is 0 Å². The van der Waals surface area contributed by atoms with Gasteiger partial charge in [-0.25, -0.2) is 14.6 Å². The molecule has 1 atom stereocenters. The van der Waals surface area contributed by atoms with Crippen molar-refractivity contribution in [3.8, 4) is 0 Å². The van der Waals surface area contributed by atoms with Crippen LogP contribution in [0, 0.1) is 13.8 Å². The number of fused-ring (bicyclic) bond motifs is 1. The summed E-state index contributed by atoms with van der Waals surface area (Å²) in [6.07, 6.45) is 0.704. The number of pyridine rings is 1. The van der Waals surface area contributed by atoms with Gasteiger partial charge in [0.15, 0.2) is 11.8 Å². The van der Waals surface area contributed by atoms with Crippen LogP contribution in [0.1, 0.15) is 41.5 Å². The molecule has 2 heterocycles. The van der Waals surface area contributed by atoms with Crippen LogP contribution < -0.4 is 10.6 Å². The molecule has 2 aromatic rings. The number of ether oxygens (including phenoxy) is 1. The number of carbonyl (C=O) groups is 3. The van der Waals surface area contributed by atoms with Gasteiger partial charge in [0.1, 0.15) is 0 Å². The first-order valence-electron chi connectivity index (χ1n) is 8.39. The minimum Gasteiger partial charge on any atom is -0.449 e. The Hall–Kier alpha value is -2.97. The van der Waals surface area contributed by atoms with E-state index in [4.69, 9.17) is 4.74 Å². The summed E-state index contributed by atoms with van der Waals surface area (Å²) in [5.41, 5.74) is 2.13. The van der Waals surface area contributed by atoms with Crippen LogP contribution in [0.25, 0.3) is 11.0 Å². The van der Waals surface area contributed by atoms with Gasteiger partial charge >= 0.3 is 12.0 Å². The minimum atomic E-state index is -1.12. The van der Waals surface area contributed by atoms with Gasteiger partial charge < -0.3 is 10.1 Å². The standard InChI is InChI=1S/C17H21N5O4/c1-8-7-12(13-9(2)21-22(4)14(13)18-8)16(24)26-10(3)15(23)20-17(25)19-11-5-6-11/h7,10-11H,5-6H2,1-4H3,(H2,19,20,23,25). The molecular weight excluding hydrogens is 338 g/mol. The highest BCUT2D eigenvalue weighted by Gasteiger charge is 2.27. The SMILES string of the molecule is Cc1cc(C(=O)OC(C)C(=O)NC(=O)NC2CC2)c2c(C)nn(C)c2n1. The molecule has 138 valence electrons. The van der Waals surface area contributed by atoms with Crippen LogP contribution in [-0.4, -0.2) is 44.8 Å². The van der Waals surface area contributed by atoms with Gasteiger partial charge in [-0.05, 0) is 39.7 Å². The molecule has 1 aliphatic carbocycles. The molecule has 1 aliphatic rings. The number of carbonyl (C=O) groups excluding carboxylic acids is 3. The molecule has 3 amide bonds. The minimum absolute atomic E-state index is 0.127. The maximum atomic E-state index is 12.6. The third-order valence-corrected chi connectivity index (χ3v) is 4.12. The Bertz CT molecular complexity index is 900. The number of urea groups is 1. The molecule has 0 radical (unpaired) electrons. The molecule has 1 unspecified atom stereocenters. The van der Waals surface area contributed by atoms with E-state index in [1.807, 2.05) is 0 Å². The van der Waals surface area contributed by atoms with Crippen LogP contribution in [0.4, 0.5) is 4.79 Å². The number of aryl methyl sites for hydroxylation is 3. The molecular formula is C17H21N5O4. The largest absolute Gasteiger partial charge is 0.449 e. The fourth-order valence-corrected chi connectivity index (χ4v) is 2.67. The number of nitrogens with zero attached hydrogens (tertiary/aromatic N) is 3. The zero-order valence-corrected chi connectivity index (χ0v) is 15.1. The predicted molar refractivity (Wildman–Crippen MR) is 92.6 cm³/mol. The van der Waals surface area contributed by atoms with Gasteiger partial charge in [-0.2, -0.15) is 5.10 Å². The van der Waals surface area contributed by atoms with Gasteiger partial charge in [0.25, 0.3) is 5.91 Å². The van der Waals surface area contributed by atoms with Crippen LogP contribution in [-0.2, 0) is 16.6 Å². The van der Waals surface area contributed by atoms with E-state index in [1.165, 1.54) is 6.92 Å². The summed E-state index contributed by atoms with van der Waals surface area (Å²) in [5, 5.41) is 9.67. The van der Waals surface area contributed by atoms with Crippen molar-refractivity contribution in [2.75, 3.05) is 0 Å². The molecule has 1 fully saturated rings. The van der Waals surface area contributed by atoms with Gasteiger partial charge in [-0.15, -0.1) is 0 Å². The van der Waals surface area contributed by atoms with Crippen molar-refractivity contribution in [2.24, 2.45) is 7.05 Å². The monoisotopic (exact) mass is 359 g/mol. The van der Waals surface area contributed by atoms with Gasteiger partial charge in [-0.1, -0.05) is 0 Å². The highest BCUT2D eigenvalue weighted by atomic mass is 16.5. The average molecular weight is 359 g/mol. The first kappa shape index (κ1) is 17.8. The Kier molecular flexibility index (Phi) is 4.62. The Morgan fingerprint density at radius 3 is 2.65 bits per heavy atom. The van der Waals surface area contributed by atoms with E-state index in [0.717, 1.165) is 12.8 Å². The molecule has 0 aromatic carbocycles. The summed E-state index contributed by atoms with van der Waals surface area (Å²) in [4.78, 5) is 40.7. The van der Waals surface area contributed by atoms with Crippen molar-refractivity contribution in [2.45, 2.75) is 45.8 Å². The number of rotatable bonds is 4. The molecule has 9 nitrogen and oxygen atoms in total. The molecule has 0 saturated heterocycles. The summed E-state index contributed by atoms with van der Waals surface area (Å²) in [7, 11) is 1.74. The Balaban J connectivity index is 1.74. The predicted octanol–water partition coefficient (Wildman–Crippen LogP) is 1.12. The van der Waals surface area contributed by atoms with Crippen molar-refractivity contribution in [1.29, 1.82) is 0 Å². The highest BCUT2D eigenvalue weighted by molar-refractivity contribution is 6.05. The first-order valence-corrected chi connectivity index (χ1v) is 8.39. The maximum absolute atomic E-state index is 12.6. The number of esters is 1. The van der Waals surface area contributed by atoms with Crippen molar-refractivity contribution in [1.82, 2.24) is 25.4 Å². The van der Waals surface area contributed by atoms with E-state index in [-0.39, 0.29) is 6.04 Å². The quantitative estimate of drug-likeness (QED) is 0.791. The van der Waals surface area contributed by atoms with Crippen LogP contribution in [0.5, 0.6) is 0 Å². The average Bonchev–Trinajstić information content (AvgIpc) is 3.32. The summed E-state index contributed by atoms with van der Waals surface area (Å²) < 4.78 is 6.84. The lowest BCUT2D eigenvalue weighted by molar-refractivity contribution is -0.127. The summed E-state index contributed by atoms with van der Waals surface area (Å²) in [5.74, 6) is -1.34. The van der Waals surface area contributed by atoms with Crippen molar-refractivity contribution in [3.63, 3.8) is 0 Å². The summed E-state index contributed by atoms with van der Waals surface area (Å²) in [6.45, 7) is 4.95. The molecule has 0 bridgehead atoms. The highest BCUT2D eigenvalue weighted by Crippen LogP contribution is 2.22. The molecule has 26 heavy (non-hydrogen) atoms. The van der Waals surface area contributed by atoms with Crippen molar-refractivity contribution >= 4 is 28.9 Å². The second kappa shape index (κ2) is 6.74. The molecule has 1 saturated carbocycles. The lowest BCUT2D eigenvalue weighted by Gasteiger charge is -2.14. The van der Waals surface area contributed by atoms with E-state index in [9.17, 15) is 14.4 Å². The number of imide groups is 1. The van der Waals surface area contributed by atoms with E-state index < -0.39 is 24.0 Å². The van der Waals surface area contributed by atoms with E-state index in [0.29, 0.717) is 28.0 Å².